The van der Waals surface area contributed by atoms with Gasteiger partial charge in [0.2, 0.25) is 5.95 Å². The van der Waals surface area contributed by atoms with E-state index in [2.05, 4.69) is 15.3 Å². The van der Waals surface area contributed by atoms with Gasteiger partial charge in [0, 0.05) is 5.69 Å². The molecule has 0 aliphatic carbocycles. The van der Waals surface area contributed by atoms with Gasteiger partial charge < -0.3 is 16.2 Å². The SMILES string of the molecule is CC(C)C(CO)Nc1nc2ccc(N)cc2c(=O)[nH]1. The maximum absolute atomic E-state index is 11.9. The molecule has 6 nitrogen and oxygen atoms in total. The number of nitrogens with zero attached hydrogens (tertiary/aromatic N) is 1. The molecule has 2 aromatic rings. The highest BCUT2D eigenvalue weighted by atomic mass is 16.3. The number of aromatic amines is 1. The molecule has 0 spiro atoms. The van der Waals surface area contributed by atoms with Crippen LogP contribution in [0.1, 0.15) is 13.8 Å². The minimum Gasteiger partial charge on any atom is -0.399 e. The summed E-state index contributed by atoms with van der Waals surface area (Å²) in [6, 6.07) is 4.84. The number of rotatable bonds is 4. The maximum atomic E-state index is 11.9. The van der Waals surface area contributed by atoms with Crippen LogP contribution in [0.15, 0.2) is 23.0 Å². The molecule has 0 saturated carbocycles. The highest BCUT2D eigenvalue weighted by molar-refractivity contribution is 5.81. The molecule has 1 heterocycles. The number of aliphatic hydroxyl groups is 1. The monoisotopic (exact) mass is 262 g/mol. The molecule has 1 atom stereocenters. The van der Waals surface area contributed by atoms with E-state index >= 15 is 0 Å². The highest BCUT2D eigenvalue weighted by Gasteiger charge is 2.13. The zero-order valence-corrected chi connectivity index (χ0v) is 11.0. The fourth-order valence-corrected chi connectivity index (χ4v) is 1.82. The van der Waals surface area contributed by atoms with Crippen molar-refractivity contribution in [2.75, 3.05) is 17.7 Å². The van der Waals surface area contributed by atoms with Gasteiger partial charge in [0.05, 0.1) is 23.6 Å². The molecule has 2 rings (SSSR count). The molecule has 0 radical (unpaired) electrons. The standard InChI is InChI=1S/C13H18N4O2/c1-7(2)11(6-18)16-13-15-10-4-3-8(14)5-9(10)12(19)17-13/h3-5,7,11,18H,6,14H2,1-2H3,(H2,15,16,17,19). The van der Waals surface area contributed by atoms with E-state index in [1.54, 1.807) is 18.2 Å². The van der Waals surface area contributed by atoms with Crippen LogP contribution in [-0.4, -0.2) is 27.7 Å². The summed E-state index contributed by atoms with van der Waals surface area (Å²) in [4.78, 5) is 18.9. The van der Waals surface area contributed by atoms with Crippen molar-refractivity contribution in [1.82, 2.24) is 9.97 Å². The largest absolute Gasteiger partial charge is 0.399 e. The first-order valence-electron chi connectivity index (χ1n) is 6.18. The van der Waals surface area contributed by atoms with E-state index in [1.165, 1.54) is 0 Å². The molecule has 0 bridgehead atoms. The summed E-state index contributed by atoms with van der Waals surface area (Å²) in [5, 5.41) is 12.8. The summed E-state index contributed by atoms with van der Waals surface area (Å²) in [5.41, 5.74) is 6.49. The summed E-state index contributed by atoms with van der Waals surface area (Å²) in [5.74, 6) is 0.576. The van der Waals surface area contributed by atoms with Gasteiger partial charge >= 0.3 is 0 Å². The molecule has 1 aromatic carbocycles. The minimum atomic E-state index is -0.250. The second kappa shape index (κ2) is 5.27. The number of H-pyrrole nitrogens is 1. The first-order valence-corrected chi connectivity index (χ1v) is 6.18. The third-order valence-electron chi connectivity index (χ3n) is 3.05. The Hall–Kier alpha value is -2.08. The van der Waals surface area contributed by atoms with Crippen LogP contribution in [0.3, 0.4) is 0 Å². The molecule has 1 unspecified atom stereocenters. The normalized spacial score (nSPS) is 12.8. The van der Waals surface area contributed by atoms with Gasteiger partial charge in [-0.3, -0.25) is 9.78 Å². The van der Waals surface area contributed by atoms with Crippen molar-refractivity contribution in [3.05, 3.63) is 28.6 Å². The molecule has 6 heteroatoms. The van der Waals surface area contributed by atoms with Crippen LogP contribution < -0.4 is 16.6 Å². The van der Waals surface area contributed by atoms with Crippen LogP contribution in [0, 0.1) is 5.92 Å². The van der Waals surface area contributed by atoms with Gasteiger partial charge in [-0.05, 0) is 24.1 Å². The Balaban J connectivity index is 2.41. The lowest BCUT2D eigenvalue weighted by atomic mass is 10.1. The van der Waals surface area contributed by atoms with Crippen molar-refractivity contribution in [3.63, 3.8) is 0 Å². The molecule has 0 aliphatic rings. The average Bonchev–Trinajstić information content (AvgIpc) is 2.36. The Labute approximate surface area is 110 Å². The van der Waals surface area contributed by atoms with Crippen LogP contribution in [0.2, 0.25) is 0 Å². The molecule has 102 valence electrons. The van der Waals surface area contributed by atoms with Gasteiger partial charge in [-0.2, -0.15) is 0 Å². The second-order valence-corrected chi connectivity index (χ2v) is 4.87. The van der Waals surface area contributed by atoms with Crippen LogP contribution in [0.25, 0.3) is 10.9 Å². The molecule has 0 amide bonds. The van der Waals surface area contributed by atoms with E-state index in [0.717, 1.165) is 0 Å². The van der Waals surface area contributed by atoms with E-state index in [-0.39, 0.29) is 24.1 Å². The van der Waals surface area contributed by atoms with Gasteiger partial charge in [-0.15, -0.1) is 0 Å². The first kappa shape index (κ1) is 13.4. The molecule has 0 fully saturated rings. The molecule has 0 aliphatic heterocycles. The quantitative estimate of drug-likeness (QED) is 0.614. The van der Waals surface area contributed by atoms with Crippen LogP contribution >= 0.6 is 0 Å². The average molecular weight is 262 g/mol. The molecule has 5 N–H and O–H groups in total. The lowest BCUT2D eigenvalue weighted by Crippen LogP contribution is -2.31. The summed E-state index contributed by atoms with van der Waals surface area (Å²) in [7, 11) is 0. The van der Waals surface area contributed by atoms with E-state index in [9.17, 15) is 9.90 Å². The number of nitrogen functional groups attached to an aromatic ring is 1. The zero-order chi connectivity index (χ0) is 14.0. The predicted octanol–water partition coefficient (Wildman–Crippen LogP) is 0.934. The van der Waals surface area contributed by atoms with Crippen LogP contribution in [0.5, 0.6) is 0 Å². The predicted molar refractivity (Wildman–Crippen MR) is 76.1 cm³/mol. The Bertz CT molecular complexity index is 636. The highest BCUT2D eigenvalue weighted by Crippen LogP contribution is 2.14. The lowest BCUT2D eigenvalue weighted by Gasteiger charge is -2.20. The minimum absolute atomic E-state index is 0.0266. The number of hydrogen-bond donors (Lipinski definition) is 4. The molecular weight excluding hydrogens is 244 g/mol. The summed E-state index contributed by atoms with van der Waals surface area (Å²) in [6.07, 6.45) is 0. The Morgan fingerprint density at radius 2 is 2.21 bits per heavy atom. The number of benzene rings is 1. The lowest BCUT2D eigenvalue weighted by molar-refractivity contribution is 0.248. The van der Waals surface area contributed by atoms with Crippen molar-refractivity contribution in [3.8, 4) is 0 Å². The number of anilines is 2. The maximum Gasteiger partial charge on any atom is 0.260 e. The topological polar surface area (TPSA) is 104 Å². The number of aliphatic hydroxyl groups excluding tert-OH is 1. The van der Waals surface area contributed by atoms with Crippen molar-refractivity contribution in [2.24, 2.45) is 5.92 Å². The van der Waals surface area contributed by atoms with Crippen molar-refractivity contribution in [2.45, 2.75) is 19.9 Å². The summed E-state index contributed by atoms with van der Waals surface area (Å²) < 4.78 is 0. The van der Waals surface area contributed by atoms with E-state index in [1.807, 2.05) is 13.8 Å². The van der Waals surface area contributed by atoms with Gasteiger partial charge in [-0.1, -0.05) is 13.8 Å². The number of aromatic nitrogens is 2. The van der Waals surface area contributed by atoms with Crippen LogP contribution in [-0.2, 0) is 0 Å². The number of nitrogens with two attached hydrogens (primary N) is 1. The Kier molecular flexibility index (Phi) is 3.71. The van der Waals surface area contributed by atoms with Gasteiger partial charge in [0.15, 0.2) is 0 Å². The fraction of sp³-hybridized carbons (Fsp3) is 0.385. The third-order valence-corrected chi connectivity index (χ3v) is 3.05. The first-order chi connectivity index (χ1) is 9.01. The number of fused-ring (bicyclic) bond motifs is 1. The Morgan fingerprint density at radius 1 is 1.47 bits per heavy atom. The van der Waals surface area contributed by atoms with Gasteiger partial charge in [0.1, 0.15) is 0 Å². The zero-order valence-electron chi connectivity index (χ0n) is 11.0. The van der Waals surface area contributed by atoms with Crippen molar-refractivity contribution in [1.29, 1.82) is 0 Å². The van der Waals surface area contributed by atoms with Crippen LogP contribution in [0.4, 0.5) is 11.6 Å². The third kappa shape index (κ3) is 2.85. The smallest absolute Gasteiger partial charge is 0.260 e. The summed E-state index contributed by atoms with van der Waals surface area (Å²) >= 11 is 0. The number of hydrogen-bond acceptors (Lipinski definition) is 5. The van der Waals surface area contributed by atoms with Crippen molar-refractivity contribution >= 4 is 22.5 Å². The van der Waals surface area contributed by atoms with E-state index < -0.39 is 0 Å². The fourth-order valence-electron chi connectivity index (χ4n) is 1.82. The summed E-state index contributed by atoms with van der Waals surface area (Å²) in [6.45, 7) is 3.93. The molecule has 1 aromatic heterocycles. The van der Waals surface area contributed by atoms with Crippen molar-refractivity contribution < 1.29 is 5.11 Å². The number of nitrogens with one attached hydrogen (secondary N) is 2. The second-order valence-electron chi connectivity index (χ2n) is 4.87. The van der Waals surface area contributed by atoms with E-state index in [4.69, 9.17) is 5.73 Å². The van der Waals surface area contributed by atoms with Gasteiger partial charge in [-0.25, -0.2) is 4.98 Å². The molecular formula is C13H18N4O2. The Morgan fingerprint density at radius 3 is 2.84 bits per heavy atom. The molecule has 19 heavy (non-hydrogen) atoms. The molecule has 0 saturated heterocycles. The van der Waals surface area contributed by atoms with Gasteiger partial charge in [0.25, 0.3) is 5.56 Å². The van der Waals surface area contributed by atoms with E-state index in [0.29, 0.717) is 22.5 Å².